The molecule has 0 atom stereocenters. The van der Waals surface area contributed by atoms with Crippen molar-refractivity contribution in [2.45, 2.75) is 4.90 Å². The topological polar surface area (TPSA) is 97.4 Å². The number of hydrogen-bond acceptors (Lipinski definition) is 5. The zero-order valence-electron chi connectivity index (χ0n) is 11.1. The molecule has 21 heavy (non-hydrogen) atoms. The second kappa shape index (κ2) is 6.23. The molecule has 0 bridgehead atoms. The fourth-order valence-electron chi connectivity index (χ4n) is 1.51. The van der Waals surface area contributed by atoms with E-state index in [1.54, 1.807) is 18.2 Å². The number of benzene rings is 1. The first kappa shape index (κ1) is 14.8. The van der Waals surface area contributed by atoms with Crippen LogP contribution in [0.4, 0.5) is 16.3 Å². The van der Waals surface area contributed by atoms with Gasteiger partial charge in [-0.15, -0.1) is 0 Å². The van der Waals surface area contributed by atoms with E-state index in [1.165, 1.54) is 37.6 Å². The summed E-state index contributed by atoms with van der Waals surface area (Å²) in [5.74, 6) is 0.231. The molecule has 110 valence electrons. The summed E-state index contributed by atoms with van der Waals surface area (Å²) in [6.07, 6.45) is 0.860. The Morgan fingerprint density at radius 3 is 2.43 bits per heavy atom. The van der Waals surface area contributed by atoms with Crippen LogP contribution in [-0.4, -0.2) is 26.6 Å². The number of nitrogens with one attached hydrogen (secondary N) is 2. The molecule has 0 aliphatic carbocycles. The van der Waals surface area contributed by atoms with Crippen molar-refractivity contribution in [2.75, 3.05) is 17.1 Å². The summed E-state index contributed by atoms with van der Waals surface area (Å²) in [7, 11) is -2.48. The minimum Gasteiger partial charge on any atom is -0.453 e. The van der Waals surface area contributed by atoms with Crippen molar-refractivity contribution in [1.29, 1.82) is 0 Å². The van der Waals surface area contributed by atoms with Crippen molar-refractivity contribution in [1.82, 2.24) is 4.98 Å². The summed E-state index contributed by atoms with van der Waals surface area (Å²) in [5, 5.41) is 2.43. The second-order valence-electron chi connectivity index (χ2n) is 3.96. The van der Waals surface area contributed by atoms with Crippen molar-refractivity contribution in [3.63, 3.8) is 0 Å². The van der Waals surface area contributed by atoms with E-state index in [9.17, 15) is 13.2 Å². The predicted octanol–water partition coefficient (Wildman–Crippen LogP) is 2.06. The number of ether oxygens (including phenoxy) is 1. The summed E-state index contributed by atoms with van der Waals surface area (Å²) in [5.41, 5.74) is 0.429. The van der Waals surface area contributed by atoms with Crippen molar-refractivity contribution in [3.8, 4) is 0 Å². The lowest BCUT2D eigenvalue weighted by Crippen LogP contribution is -2.14. The summed E-state index contributed by atoms with van der Waals surface area (Å²) in [4.78, 5) is 15.0. The van der Waals surface area contributed by atoms with Gasteiger partial charge in [0.05, 0.1) is 12.0 Å². The van der Waals surface area contributed by atoms with Crippen LogP contribution in [0.2, 0.25) is 0 Å². The molecule has 2 aromatic rings. The zero-order chi connectivity index (χ0) is 15.3. The van der Waals surface area contributed by atoms with Gasteiger partial charge in [-0.2, -0.15) is 0 Å². The number of sulfonamides is 1. The standard InChI is InChI=1S/C13H13N3O4S/c1-20-13(17)15-10-5-7-11(8-6-10)21(18,19)16-12-4-2-3-9-14-12/h2-9H,1H3,(H,14,16)(H,15,17). The van der Waals surface area contributed by atoms with Crippen LogP contribution in [0, 0.1) is 0 Å². The third-order valence-electron chi connectivity index (χ3n) is 2.50. The molecule has 0 fully saturated rings. The van der Waals surface area contributed by atoms with E-state index in [0.29, 0.717) is 5.69 Å². The number of rotatable bonds is 4. The first-order valence-electron chi connectivity index (χ1n) is 5.90. The van der Waals surface area contributed by atoms with Crippen LogP contribution in [0.3, 0.4) is 0 Å². The van der Waals surface area contributed by atoms with Gasteiger partial charge in [0.15, 0.2) is 0 Å². The molecule has 8 heteroatoms. The van der Waals surface area contributed by atoms with E-state index in [1.807, 2.05) is 0 Å². The van der Waals surface area contributed by atoms with Crippen LogP contribution < -0.4 is 10.0 Å². The van der Waals surface area contributed by atoms with Gasteiger partial charge in [-0.25, -0.2) is 18.2 Å². The number of pyridine rings is 1. The maximum absolute atomic E-state index is 12.1. The quantitative estimate of drug-likeness (QED) is 0.901. The van der Waals surface area contributed by atoms with E-state index >= 15 is 0 Å². The van der Waals surface area contributed by atoms with Gasteiger partial charge in [-0.05, 0) is 36.4 Å². The number of nitrogens with zero attached hydrogens (tertiary/aromatic N) is 1. The van der Waals surface area contributed by atoms with Crippen LogP contribution in [0.15, 0.2) is 53.6 Å². The summed E-state index contributed by atoms with van der Waals surface area (Å²) in [6, 6.07) is 10.6. The molecule has 0 spiro atoms. The molecule has 1 aromatic heterocycles. The smallest absolute Gasteiger partial charge is 0.411 e. The van der Waals surface area contributed by atoms with E-state index in [0.717, 1.165) is 0 Å². The molecule has 1 aromatic carbocycles. The fraction of sp³-hybridized carbons (Fsp3) is 0.0769. The third kappa shape index (κ3) is 3.93. The van der Waals surface area contributed by atoms with Crippen LogP contribution in [0.25, 0.3) is 0 Å². The van der Waals surface area contributed by atoms with E-state index in [4.69, 9.17) is 0 Å². The lowest BCUT2D eigenvalue weighted by Gasteiger charge is -2.08. The Morgan fingerprint density at radius 2 is 1.86 bits per heavy atom. The van der Waals surface area contributed by atoms with Gasteiger partial charge in [0.1, 0.15) is 5.82 Å². The Morgan fingerprint density at radius 1 is 1.14 bits per heavy atom. The average molecular weight is 307 g/mol. The van der Waals surface area contributed by atoms with Crippen LogP contribution in [0.1, 0.15) is 0 Å². The summed E-state index contributed by atoms with van der Waals surface area (Å²) < 4.78 is 31.1. The third-order valence-corrected chi connectivity index (χ3v) is 3.87. The molecule has 0 radical (unpaired) electrons. The van der Waals surface area contributed by atoms with Gasteiger partial charge in [-0.1, -0.05) is 6.07 Å². The molecule has 2 N–H and O–H groups in total. The lowest BCUT2D eigenvalue weighted by molar-refractivity contribution is 0.187. The molecule has 0 saturated carbocycles. The Labute approximate surface area is 122 Å². The van der Waals surface area contributed by atoms with Crippen LogP contribution >= 0.6 is 0 Å². The predicted molar refractivity (Wildman–Crippen MR) is 77.5 cm³/mol. The van der Waals surface area contributed by atoms with E-state index in [-0.39, 0.29) is 10.7 Å². The monoisotopic (exact) mass is 307 g/mol. The number of hydrogen-bond donors (Lipinski definition) is 2. The normalized spacial score (nSPS) is 10.7. The number of aromatic nitrogens is 1. The van der Waals surface area contributed by atoms with Gasteiger partial charge < -0.3 is 4.74 Å². The zero-order valence-corrected chi connectivity index (χ0v) is 11.9. The number of carbonyl (C=O) groups is 1. The number of carbonyl (C=O) groups excluding carboxylic acids is 1. The van der Waals surface area contributed by atoms with Gasteiger partial charge in [-0.3, -0.25) is 10.0 Å². The molecule has 1 amide bonds. The lowest BCUT2D eigenvalue weighted by atomic mass is 10.3. The summed E-state index contributed by atoms with van der Waals surface area (Å²) in [6.45, 7) is 0. The first-order chi connectivity index (χ1) is 10.0. The van der Waals surface area contributed by atoms with Crippen molar-refractivity contribution in [3.05, 3.63) is 48.7 Å². The highest BCUT2D eigenvalue weighted by Crippen LogP contribution is 2.17. The maximum Gasteiger partial charge on any atom is 0.411 e. The van der Waals surface area contributed by atoms with Gasteiger partial charge >= 0.3 is 6.09 Å². The highest BCUT2D eigenvalue weighted by Gasteiger charge is 2.14. The maximum atomic E-state index is 12.1. The molecule has 0 saturated heterocycles. The second-order valence-corrected chi connectivity index (χ2v) is 5.64. The van der Waals surface area contributed by atoms with Crippen molar-refractivity contribution in [2.24, 2.45) is 0 Å². The first-order valence-corrected chi connectivity index (χ1v) is 7.38. The highest BCUT2D eigenvalue weighted by atomic mass is 32.2. The molecule has 7 nitrogen and oxygen atoms in total. The van der Waals surface area contributed by atoms with E-state index in [2.05, 4.69) is 19.8 Å². The minimum atomic E-state index is -3.72. The SMILES string of the molecule is COC(=O)Nc1ccc(S(=O)(=O)Nc2ccccn2)cc1. The Hall–Kier alpha value is -2.61. The number of methoxy groups -OCH3 is 1. The largest absolute Gasteiger partial charge is 0.453 e. The fourth-order valence-corrected chi connectivity index (χ4v) is 2.51. The van der Waals surface area contributed by atoms with E-state index < -0.39 is 16.1 Å². The van der Waals surface area contributed by atoms with Gasteiger partial charge in [0.2, 0.25) is 0 Å². The molecule has 0 aliphatic rings. The molecular weight excluding hydrogens is 294 g/mol. The number of anilines is 2. The molecule has 0 aliphatic heterocycles. The highest BCUT2D eigenvalue weighted by molar-refractivity contribution is 7.92. The summed E-state index contributed by atoms with van der Waals surface area (Å²) >= 11 is 0. The van der Waals surface area contributed by atoms with Crippen LogP contribution in [-0.2, 0) is 14.8 Å². The Kier molecular flexibility index (Phi) is 4.39. The van der Waals surface area contributed by atoms with Gasteiger partial charge in [0.25, 0.3) is 10.0 Å². The Balaban J connectivity index is 2.15. The van der Waals surface area contributed by atoms with Crippen LogP contribution in [0.5, 0.6) is 0 Å². The molecular formula is C13H13N3O4S. The molecule has 0 unspecified atom stereocenters. The average Bonchev–Trinajstić information content (AvgIpc) is 2.48. The van der Waals surface area contributed by atoms with Crippen molar-refractivity contribution < 1.29 is 17.9 Å². The number of amides is 1. The molecule has 2 rings (SSSR count). The molecule has 1 heterocycles. The Bertz CT molecular complexity index is 715. The van der Waals surface area contributed by atoms with Gasteiger partial charge in [0, 0.05) is 11.9 Å². The minimum absolute atomic E-state index is 0.0589. The van der Waals surface area contributed by atoms with Crippen molar-refractivity contribution >= 4 is 27.6 Å².